The van der Waals surface area contributed by atoms with Gasteiger partial charge in [-0.3, -0.25) is 14.4 Å². The zero-order chi connectivity index (χ0) is 18.0. The third kappa shape index (κ3) is 3.18. The maximum Gasteiger partial charge on any atom is 0.170 e. The number of hydrogen-bond acceptors (Lipinski definition) is 4. The van der Waals surface area contributed by atoms with E-state index in [-0.39, 0.29) is 41.7 Å². The van der Waals surface area contributed by atoms with Gasteiger partial charge in [0.2, 0.25) is 0 Å². The molecule has 1 fully saturated rings. The average Bonchev–Trinajstić information content (AvgIpc) is 2.46. The minimum atomic E-state index is -0.297. The van der Waals surface area contributed by atoms with Gasteiger partial charge in [-0.2, -0.15) is 0 Å². The first-order chi connectivity index (χ1) is 11.3. The number of aldehydes is 1. The molecule has 1 saturated carbocycles. The van der Waals surface area contributed by atoms with Gasteiger partial charge in [-0.05, 0) is 55.4 Å². The molecule has 128 valence electrons. The van der Waals surface area contributed by atoms with Crippen molar-refractivity contribution in [3.05, 3.63) is 45.2 Å². The van der Waals surface area contributed by atoms with Crippen LogP contribution in [0.25, 0.3) is 0 Å². The molecule has 1 N–H and O–H groups in total. The predicted octanol–water partition coefficient (Wildman–Crippen LogP) is 4.05. The quantitative estimate of drug-likeness (QED) is 0.392. The van der Waals surface area contributed by atoms with Crippen LogP contribution in [0.4, 0.5) is 0 Å². The van der Waals surface area contributed by atoms with Crippen LogP contribution in [0.1, 0.15) is 71.1 Å². The van der Waals surface area contributed by atoms with Crippen LogP contribution >= 0.6 is 0 Å². The molecular weight excluding hydrogens is 304 g/mol. The van der Waals surface area contributed by atoms with E-state index >= 15 is 0 Å². The Morgan fingerprint density at radius 3 is 2.25 bits per heavy atom. The lowest BCUT2D eigenvalue weighted by Gasteiger charge is -2.27. The molecule has 1 aliphatic carbocycles. The number of carbonyl (C=O) groups is 3. The van der Waals surface area contributed by atoms with E-state index in [1.54, 1.807) is 0 Å². The van der Waals surface area contributed by atoms with Crippen LogP contribution in [0, 0.1) is 20.8 Å². The van der Waals surface area contributed by atoms with Crippen LogP contribution in [0.3, 0.4) is 0 Å². The van der Waals surface area contributed by atoms with Crippen LogP contribution in [0.5, 0.6) is 0 Å². The van der Waals surface area contributed by atoms with Crippen molar-refractivity contribution in [1.29, 1.82) is 0 Å². The average molecular weight is 328 g/mol. The maximum absolute atomic E-state index is 12.4. The van der Waals surface area contributed by atoms with Crippen LogP contribution < -0.4 is 0 Å². The van der Waals surface area contributed by atoms with Gasteiger partial charge in [0, 0.05) is 24.8 Å². The lowest BCUT2D eigenvalue weighted by Crippen LogP contribution is -2.27. The van der Waals surface area contributed by atoms with E-state index in [0.29, 0.717) is 18.4 Å². The van der Waals surface area contributed by atoms with E-state index in [9.17, 15) is 19.5 Å². The molecule has 0 atom stereocenters. The second kappa shape index (κ2) is 7.12. The molecule has 1 aromatic carbocycles. The SMILES string of the molecule is CCCC(O)=C1C(=O)CC(c2c(C)cc(C)c(C=O)c2C)CC1=O. The molecule has 24 heavy (non-hydrogen) atoms. The summed E-state index contributed by atoms with van der Waals surface area (Å²) in [7, 11) is 0. The fourth-order valence-corrected chi connectivity index (χ4v) is 3.79. The first-order valence-electron chi connectivity index (χ1n) is 8.36. The Morgan fingerprint density at radius 2 is 1.75 bits per heavy atom. The Hall–Kier alpha value is -2.23. The van der Waals surface area contributed by atoms with E-state index in [1.165, 1.54) is 0 Å². The molecule has 0 saturated heterocycles. The smallest absolute Gasteiger partial charge is 0.170 e. The lowest BCUT2D eigenvalue weighted by molar-refractivity contribution is -0.124. The molecule has 0 spiro atoms. The first kappa shape index (κ1) is 18.1. The van der Waals surface area contributed by atoms with E-state index in [4.69, 9.17) is 0 Å². The molecule has 1 aromatic rings. The summed E-state index contributed by atoms with van der Waals surface area (Å²) in [6, 6.07) is 1.93. The Balaban J connectivity index is 2.45. The third-order valence-electron chi connectivity index (χ3n) is 4.81. The fraction of sp³-hybridized carbons (Fsp3) is 0.450. The van der Waals surface area contributed by atoms with Gasteiger partial charge >= 0.3 is 0 Å². The Kier molecular flexibility index (Phi) is 5.37. The van der Waals surface area contributed by atoms with Crippen molar-refractivity contribution in [3.63, 3.8) is 0 Å². The van der Waals surface area contributed by atoms with E-state index < -0.39 is 0 Å². The summed E-state index contributed by atoms with van der Waals surface area (Å²) in [5.74, 6) is -0.914. The summed E-state index contributed by atoms with van der Waals surface area (Å²) < 4.78 is 0. The minimum Gasteiger partial charge on any atom is -0.511 e. The molecule has 0 unspecified atom stereocenters. The van der Waals surface area contributed by atoms with Gasteiger partial charge in [0.05, 0.1) is 5.57 Å². The molecule has 0 bridgehead atoms. The molecule has 0 radical (unpaired) electrons. The van der Waals surface area contributed by atoms with Crippen molar-refractivity contribution >= 4 is 17.9 Å². The number of hydrogen-bond donors (Lipinski definition) is 1. The summed E-state index contributed by atoms with van der Waals surface area (Å²) in [5.41, 5.74) is 4.26. The van der Waals surface area contributed by atoms with Crippen LogP contribution in [0.15, 0.2) is 17.4 Å². The summed E-state index contributed by atoms with van der Waals surface area (Å²) in [5, 5.41) is 9.99. The van der Waals surface area contributed by atoms with Gasteiger partial charge in [-0.1, -0.05) is 13.0 Å². The Labute approximate surface area is 142 Å². The standard InChI is InChI=1S/C20H24O4/c1-5-6-16(22)20-17(23)8-14(9-18(20)24)19-12(3)7-11(2)15(10-21)13(19)4/h7,10,14,22H,5-6,8-9H2,1-4H3. The van der Waals surface area contributed by atoms with E-state index in [1.807, 2.05) is 33.8 Å². The van der Waals surface area contributed by atoms with Gasteiger partial charge in [0.15, 0.2) is 17.9 Å². The number of allylic oxidation sites excluding steroid dienone is 2. The van der Waals surface area contributed by atoms with Crippen molar-refractivity contribution < 1.29 is 19.5 Å². The normalized spacial score (nSPS) is 18.0. The van der Waals surface area contributed by atoms with Crippen LogP contribution in [0.2, 0.25) is 0 Å². The number of aliphatic hydroxyl groups excluding tert-OH is 1. The third-order valence-corrected chi connectivity index (χ3v) is 4.81. The van der Waals surface area contributed by atoms with Crippen molar-refractivity contribution in [2.24, 2.45) is 0 Å². The summed E-state index contributed by atoms with van der Waals surface area (Å²) in [4.78, 5) is 36.2. The second-order valence-corrected chi connectivity index (χ2v) is 6.60. The van der Waals surface area contributed by atoms with Gasteiger partial charge in [-0.15, -0.1) is 0 Å². The summed E-state index contributed by atoms with van der Waals surface area (Å²) >= 11 is 0. The Bertz CT molecular complexity index is 720. The van der Waals surface area contributed by atoms with Gasteiger partial charge < -0.3 is 5.11 Å². The highest BCUT2D eigenvalue weighted by molar-refractivity contribution is 6.22. The minimum absolute atomic E-state index is 0.0221. The zero-order valence-electron chi connectivity index (χ0n) is 14.7. The number of rotatable bonds is 4. The molecule has 4 heteroatoms. The largest absolute Gasteiger partial charge is 0.511 e. The van der Waals surface area contributed by atoms with Gasteiger partial charge in [0.1, 0.15) is 5.76 Å². The van der Waals surface area contributed by atoms with Gasteiger partial charge in [0.25, 0.3) is 0 Å². The van der Waals surface area contributed by atoms with Crippen molar-refractivity contribution in [3.8, 4) is 0 Å². The highest BCUT2D eigenvalue weighted by atomic mass is 16.3. The van der Waals surface area contributed by atoms with Crippen LogP contribution in [-0.2, 0) is 9.59 Å². The van der Waals surface area contributed by atoms with Crippen LogP contribution in [-0.4, -0.2) is 23.0 Å². The van der Waals surface area contributed by atoms with Crippen molar-refractivity contribution in [1.82, 2.24) is 0 Å². The number of aliphatic hydroxyl groups is 1. The molecule has 0 amide bonds. The summed E-state index contributed by atoms with van der Waals surface area (Å²) in [6.07, 6.45) is 2.24. The highest BCUT2D eigenvalue weighted by Crippen LogP contribution is 2.37. The number of aryl methyl sites for hydroxylation is 2. The zero-order valence-corrected chi connectivity index (χ0v) is 14.7. The summed E-state index contributed by atoms with van der Waals surface area (Å²) in [6.45, 7) is 7.58. The lowest BCUT2D eigenvalue weighted by atomic mass is 9.75. The molecule has 1 aliphatic rings. The highest BCUT2D eigenvalue weighted by Gasteiger charge is 2.35. The topological polar surface area (TPSA) is 71.4 Å². The fourth-order valence-electron chi connectivity index (χ4n) is 3.79. The van der Waals surface area contributed by atoms with Crippen molar-refractivity contribution in [2.45, 2.75) is 59.3 Å². The maximum atomic E-state index is 12.4. The number of benzene rings is 1. The van der Waals surface area contributed by atoms with E-state index in [2.05, 4.69) is 0 Å². The monoisotopic (exact) mass is 328 g/mol. The first-order valence-corrected chi connectivity index (χ1v) is 8.36. The molecule has 0 heterocycles. The molecular formula is C20H24O4. The predicted molar refractivity (Wildman–Crippen MR) is 92.6 cm³/mol. The Morgan fingerprint density at radius 1 is 1.17 bits per heavy atom. The molecule has 0 aliphatic heterocycles. The van der Waals surface area contributed by atoms with E-state index in [0.717, 1.165) is 28.5 Å². The number of carbonyl (C=O) groups excluding carboxylic acids is 3. The second-order valence-electron chi connectivity index (χ2n) is 6.60. The number of Topliss-reactive ketones (excluding diaryl/α,β-unsaturated/α-hetero) is 2. The number of ketones is 2. The molecule has 2 rings (SSSR count). The molecule has 4 nitrogen and oxygen atoms in total. The van der Waals surface area contributed by atoms with Crippen molar-refractivity contribution in [2.75, 3.05) is 0 Å². The van der Waals surface area contributed by atoms with Gasteiger partial charge in [-0.25, -0.2) is 0 Å². The molecule has 0 aromatic heterocycles.